The molecule has 3 N–H and O–H groups in total. The van der Waals surface area contributed by atoms with E-state index in [4.69, 9.17) is 5.11 Å². The monoisotopic (exact) mass is 326 g/mol. The number of rotatable bonds is 7. The quantitative estimate of drug-likeness (QED) is 0.693. The Labute approximate surface area is 128 Å². The highest BCUT2D eigenvalue weighted by Crippen LogP contribution is 2.39. The third-order valence-corrected chi connectivity index (χ3v) is 4.90. The van der Waals surface area contributed by atoms with Crippen LogP contribution in [0.1, 0.15) is 19.8 Å². The molecule has 1 amide bonds. The number of amides is 1. The van der Waals surface area contributed by atoms with Gasteiger partial charge in [0.25, 0.3) is 0 Å². The number of carboxylic acid groups (broad SMARTS) is 1. The van der Waals surface area contributed by atoms with Gasteiger partial charge in [-0.3, -0.25) is 9.59 Å². The zero-order chi connectivity index (χ0) is 16.3. The van der Waals surface area contributed by atoms with E-state index in [-0.39, 0.29) is 10.8 Å². The van der Waals surface area contributed by atoms with Crippen molar-refractivity contribution in [1.29, 1.82) is 0 Å². The van der Waals surface area contributed by atoms with Crippen LogP contribution in [0.25, 0.3) is 0 Å². The number of carboxylic acids is 1. The molecule has 0 spiro atoms. The van der Waals surface area contributed by atoms with Crippen LogP contribution in [0.15, 0.2) is 29.2 Å². The fourth-order valence-corrected chi connectivity index (χ4v) is 3.16. The van der Waals surface area contributed by atoms with Crippen LogP contribution in [0.2, 0.25) is 0 Å². The lowest BCUT2D eigenvalue weighted by atomic mass is 10.2. The average Bonchev–Trinajstić information content (AvgIpc) is 3.26. The molecule has 0 heterocycles. The first-order chi connectivity index (χ1) is 10.3. The maximum Gasteiger partial charge on any atom is 0.307 e. The number of carbonyl (C=O) groups is 2. The second kappa shape index (κ2) is 6.45. The zero-order valence-corrected chi connectivity index (χ0v) is 12.9. The molecule has 1 aliphatic carbocycles. The Balaban J connectivity index is 1.98. The molecule has 1 aromatic carbocycles. The summed E-state index contributed by atoms with van der Waals surface area (Å²) in [6.45, 7) is 2.22. The molecule has 1 aliphatic rings. The molecule has 120 valence electrons. The van der Waals surface area contributed by atoms with E-state index < -0.39 is 27.8 Å². The van der Waals surface area contributed by atoms with Crippen LogP contribution in [0, 0.1) is 11.8 Å². The second-order valence-corrected chi connectivity index (χ2v) is 6.97. The third-order valence-electron chi connectivity index (χ3n) is 3.42. The number of hydrogen-bond acceptors (Lipinski definition) is 4. The molecular weight excluding hydrogens is 308 g/mol. The minimum absolute atomic E-state index is 0.119. The van der Waals surface area contributed by atoms with Crippen LogP contribution in [0.4, 0.5) is 5.69 Å². The molecule has 0 bridgehead atoms. The molecular formula is C14H18N2O5S. The van der Waals surface area contributed by atoms with E-state index >= 15 is 0 Å². The molecule has 1 fully saturated rings. The van der Waals surface area contributed by atoms with E-state index in [1.54, 1.807) is 0 Å². The van der Waals surface area contributed by atoms with E-state index in [9.17, 15) is 18.0 Å². The molecule has 1 saturated carbocycles. The summed E-state index contributed by atoms with van der Waals surface area (Å²) in [5, 5.41) is 11.4. The van der Waals surface area contributed by atoms with Crippen molar-refractivity contribution in [3.8, 4) is 0 Å². The van der Waals surface area contributed by atoms with E-state index in [1.165, 1.54) is 24.3 Å². The van der Waals surface area contributed by atoms with Crippen molar-refractivity contribution >= 4 is 27.6 Å². The summed E-state index contributed by atoms with van der Waals surface area (Å²) in [6, 6.07) is 5.76. The molecule has 1 aromatic rings. The summed E-state index contributed by atoms with van der Waals surface area (Å²) < 4.78 is 26.2. The van der Waals surface area contributed by atoms with Crippen molar-refractivity contribution < 1.29 is 23.1 Å². The molecule has 0 aromatic heterocycles. The Kier molecular flexibility index (Phi) is 4.82. The Hall–Kier alpha value is -1.93. The fourth-order valence-electron chi connectivity index (χ4n) is 2.03. The summed E-state index contributed by atoms with van der Waals surface area (Å²) >= 11 is 0. The van der Waals surface area contributed by atoms with E-state index in [0.717, 1.165) is 0 Å². The summed E-state index contributed by atoms with van der Waals surface area (Å²) in [4.78, 5) is 22.6. The average molecular weight is 326 g/mol. The van der Waals surface area contributed by atoms with Gasteiger partial charge in [0, 0.05) is 12.2 Å². The summed E-state index contributed by atoms with van der Waals surface area (Å²) in [6.07, 6.45) is 1.04. The standard InChI is InChI=1S/C14H18N2O5S/c1-2-7-15-22(20,21)10-5-3-9(4-6-10)16-13(17)11-8-12(11)14(18)19/h3-6,11-12,15H,2,7-8H2,1H3,(H,16,17)(H,18,19). The van der Waals surface area contributed by atoms with E-state index in [1.807, 2.05) is 6.92 Å². The molecule has 0 radical (unpaired) electrons. The maximum absolute atomic E-state index is 11.9. The minimum Gasteiger partial charge on any atom is -0.481 e. The lowest BCUT2D eigenvalue weighted by Gasteiger charge is -2.08. The van der Waals surface area contributed by atoms with Gasteiger partial charge in [-0.25, -0.2) is 13.1 Å². The molecule has 0 saturated heterocycles. The van der Waals surface area contributed by atoms with Crippen LogP contribution in [-0.4, -0.2) is 31.9 Å². The highest BCUT2D eigenvalue weighted by atomic mass is 32.2. The van der Waals surface area contributed by atoms with Crippen LogP contribution in [-0.2, 0) is 19.6 Å². The van der Waals surface area contributed by atoms with Crippen molar-refractivity contribution in [3.05, 3.63) is 24.3 Å². The first kappa shape index (κ1) is 16.4. The SMILES string of the molecule is CCCNS(=O)(=O)c1ccc(NC(=O)C2CC2C(=O)O)cc1. The third kappa shape index (κ3) is 3.83. The predicted octanol–water partition coefficient (Wildman–Crippen LogP) is 1.03. The summed E-state index contributed by atoms with van der Waals surface area (Å²) in [5.74, 6) is -2.44. The number of sulfonamides is 1. The topological polar surface area (TPSA) is 113 Å². The minimum atomic E-state index is -3.53. The van der Waals surface area contributed by atoms with Gasteiger partial charge in [-0.2, -0.15) is 0 Å². The zero-order valence-electron chi connectivity index (χ0n) is 12.1. The van der Waals surface area contributed by atoms with Crippen molar-refractivity contribution in [1.82, 2.24) is 4.72 Å². The predicted molar refractivity (Wildman–Crippen MR) is 79.8 cm³/mol. The number of hydrogen-bond donors (Lipinski definition) is 3. The molecule has 2 rings (SSSR count). The number of aliphatic carboxylic acids is 1. The van der Waals surface area contributed by atoms with Crippen molar-refractivity contribution in [2.75, 3.05) is 11.9 Å². The van der Waals surface area contributed by atoms with Crippen molar-refractivity contribution in [2.24, 2.45) is 11.8 Å². The lowest BCUT2D eigenvalue weighted by Crippen LogP contribution is -2.24. The van der Waals surface area contributed by atoms with Crippen molar-refractivity contribution in [2.45, 2.75) is 24.7 Å². The molecule has 8 heteroatoms. The Bertz CT molecular complexity index is 669. The van der Waals surface area contributed by atoms with Gasteiger partial charge < -0.3 is 10.4 Å². The fraction of sp³-hybridized carbons (Fsp3) is 0.429. The van der Waals surface area contributed by atoms with Crippen LogP contribution in [0.5, 0.6) is 0 Å². The van der Waals surface area contributed by atoms with Gasteiger partial charge >= 0.3 is 5.97 Å². The molecule has 2 atom stereocenters. The molecule has 22 heavy (non-hydrogen) atoms. The van der Waals surface area contributed by atoms with Gasteiger partial charge in [0.2, 0.25) is 15.9 Å². The van der Waals surface area contributed by atoms with Gasteiger partial charge in [0.1, 0.15) is 0 Å². The van der Waals surface area contributed by atoms with Crippen LogP contribution < -0.4 is 10.0 Å². The first-order valence-electron chi connectivity index (χ1n) is 6.98. The number of benzene rings is 1. The van der Waals surface area contributed by atoms with Gasteiger partial charge in [0.15, 0.2) is 0 Å². The Morgan fingerprint density at radius 3 is 2.36 bits per heavy atom. The van der Waals surface area contributed by atoms with Crippen molar-refractivity contribution in [3.63, 3.8) is 0 Å². The summed E-state index contributed by atoms with van der Waals surface area (Å²) in [7, 11) is -3.53. The number of carbonyl (C=O) groups excluding carboxylic acids is 1. The summed E-state index contributed by atoms with van der Waals surface area (Å²) in [5.41, 5.74) is 0.440. The number of nitrogens with one attached hydrogen (secondary N) is 2. The maximum atomic E-state index is 11.9. The van der Waals surface area contributed by atoms with E-state index in [0.29, 0.717) is 25.1 Å². The smallest absolute Gasteiger partial charge is 0.307 e. The first-order valence-corrected chi connectivity index (χ1v) is 8.47. The van der Waals surface area contributed by atoms with E-state index in [2.05, 4.69) is 10.0 Å². The van der Waals surface area contributed by atoms with Gasteiger partial charge in [-0.15, -0.1) is 0 Å². The normalized spacial score (nSPS) is 20.4. The molecule has 0 aliphatic heterocycles. The number of anilines is 1. The van der Waals surface area contributed by atoms with Gasteiger partial charge in [-0.05, 0) is 37.1 Å². The highest BCUT2D eigenvalue weighted by molar-refractivity contribution is 7.89. The largest absolute Gasteiger partial charge is 0.481 e. The molecule has 7 nitrogen and oxygen atoms in total. The van der Waals surface area contributed by atoms with Gasteiger partial charge in [0.05, 0.1) is 16.7 Å². The Morgan fingerprint density at radius 1 is 1.23 bits per heavy atom. The van der Waals surface area contributed by atoms with Crippen LogP contribution >= 0.6 is 0 Å². The lowest BCUT2D eigenvalue weighted by molar-refractivity contribution is -0.139. The molecule has 2 unspecified atom stereocenters. The van der Waals surface area contributed by atoms with Crippen LogP contribution in [0.3, 0.4) is 0 Å². The Morgan fingerprint density at radius 2 is 1.86 bits per heavy atom. The highest BCUT2D eigenvalue weighted by Gasteiger charge is 2.48. The second-order valence-electron chi connectivity index (χ2n) is 5.20. The van der Waals surface area contributed by atoms with Gasteiger partial charge in [-0.1, -0.05) is 6.92 Å².